The zero-order valence-electron chi connectivity index (χ0n) is 19.2. The van der Waals surface area contributed by atoms with Crippen molar-refractivity contribution in [3.05, 3.63) is 76.4 Å². The molecule has 4 unspecified atom stereocenters. The summed E-state index contributed by atoms with van der Waals surface area (Å²) in [5, 5.41) is 20.3. The molecule has 0 spiro atoms. The lowest BCUT2D eigenvalue weighted by Crippen LogP contribution is -2.55. The van der Waals surface area contributed by atoms with E-state index in [4.69, 9.17) is 0 Å². The molecular formula is C28H22N2O6. The molecule has 0 aromatic heterocycles. The number of allylic oxidation sites excluding steroid dienone is 4. The van der Waals surface area contributed by atoms with Gasteiger partial charge in [0.05, 0.1) is 32.2 Å². The van der Waals surface area contributed by atoms with Gasteiger partial charge in [-0.2, -0.15) is 0 Å². The summed E-state index contributed by atoms with van der Waals surface area (Å²) in [5.74, 6) is -2.53. The third kappa shape index (κ3) is 2.45. The van der Waals surface area contributed by atoms with Crippen molar-refractivity contribution < 1.29 is 29.4 Å². The molecule has 4 atom stereocenters. The van der Waals surface area contributed by atoms with Crippen LogP contribution in [0.5, 0.6) is 0 Å². The number of amides is 4. The number of imide groups is 2. The maximum Gasteiger partial charge on any atom is 0.261 e. The minimum absolute atomic E-state index is 0.0280. The molecule has 1 saturated heterocycles. The lowest BCUT2D eigenvalue weighted by molar-refractivity contribution is -0.150. The van der Waals surface area contributed by atoms with Crippen molar-refractivity contribution in [2.24, 2.45) is 17.8 Å². The molecule has 4 amide bonds. The standard InChI is InChI=1S/C28H22N2O6/c31-11-9-29-25(33)17-5-1-13-14-2-6-19-24-20(28(36)30(10-12-32)27(19)35)8-4-16(22(14)24)15-3-7-18(26(29)34)23(17)21(13)15/h1-8,13,17,21,23,31-32H,9-12H2. The Morgan fingerprint density at radius 3 is 1.94 bits per heavy atom. The predicted octanol–water partition coefficient (Wildman–Crippen LogP) is 1.63. The molecule has 0 bridgehead atoms. The Kier molecular flexibility index (Phi) is 4.35. The molecular weight excluding hydrogens is 460 g/mol. The molecule has 2 N–H and O–H groups in total. The fourth-order valence-electron chi connectivity index (χ4n) is 6.95. The van der Waals surface area contributed by atoms with Crippen LogP contribution in [0.25, 0.3) is 16.3 Å². The van der Waals surface area contributed by atoms with Gasteiger partial charge >= 0.3 is 0 Å². The molecule has 36 heavy (non-hydrogen) atoms. The zero-order chi connectivity index (χ0) is 24.9. The summed E-state index contributed by atoms with van der Waals surface area (Å²) in [6, 6.07) is 7.30. The number of benzene rings is 2. The van der Waals surface area contributed by atoms with Crippen molar-refractivity contribution in [2.45, 2.75) is 5.92 Å². The van der Waals surface area contributed by atoms with E-state index in [-0.39, 0.29) is 55.9 Å². The Labute approximate surface area is 205 Å². The number of hydrogen-bond donors (Lipinski definition) is 2. The Morgan fingerprint density at radius 2 is 1.22 bits per heavy atom. The van der Waals surface area contributed by atoms with Gasteiger partial charge in [0.15, 0.2) is 0 Å². The van der Waals surface area contributed by atoms with Crippen LogP contribution in [0.1, 0.15) is 37.8 Å². The van der Waals surface area contributed by atoms with Crippen molar-refractivity contribution >= 4 is 40.0 Å². The quantitative estimate of drug-likeness (QED) is 0.506. The second kappa shape index (κ2) is 7.32. The van der Waals surface area contributed by atoms with Crippen molar-refractivity contribution in [3.63, 3.8) is 0 Å². The summed E-state index contributed by atoms with van der Waals surface area (Å²) in [7, 11) is 0. The van der Waals surface area contributed by atoms with E-state index in [1.807, 2.05) is 30.4 Å². The highest BCUT2D eigenvalue weighted by Gasteiger charge is 2.54. The number of aliphatic hydroxyl groups is 2. The van der Waals surface area contributed by atoms with Crippen LogP contribution in [0.2, 0.25) is 0 Å². The summed E-state index contributed by atoms with van der Waals surface area (Å²) in [4.78, 5) is 55.0. The molecule has 7 rings (SSSR count). The number of fused-ring (bicyclic) bond motifs is 2. The van der Waals surface area contributed by atoms with Crippen LogP contribution in [0.3, 0.4) is 0 Å². The first-order chi connectivity index (χ1) is 17.5. The van der Waals surface area contributed by atoms with Gasteiger partial charge in [0, 0.05) is 39.8 Å². The minimum atomic E-state index is -0.491. The molecule has 0 saturated carbocycles. The topological polar surface area (TPSA) is 115 Å². The van der Waals surface area contributed by atoms with Crippen molar-refractivity contribution in [3.8, 4) is 0 Å². The van der Waals surface area contributed by atoms with Gasteiger partial charge in [-0.1, -0.05) is 36.4 Å². The summed E-state index contributed by atoms with van der Waals surface area (Å²) >= 11 is 0. The molecule has 180 valence electrons. The zero-order valence-corrected chi connectivity index (χ0v) is 19.2. The molecule has 2 aromatic carbocycles. The van der Waals surface area contributed by atoms with Gasteiger partial charge in [-0.25, -0.2) is 0 Å². The third-order valence-electron chi connectivity index (χ3n) is 8.35. The first-order valence-electron chi connectivity index (χ1n) is 12.1. The Morgan fingerprint density at radius 1 is 0.639 bits per heavy atom. The van der Waals surface area contributed by atoms with Crippen molar-refractivity contribution in [1.29, 1.82) is 0 Å². The number of hydrogen-bond acceptors (Lipinski definition) is 6. The van der Waals surface area contributed by atoms with E-state index in [1.165, 1.54) is 0 Å². The number of rotatable bonds is 4. The second-order valence-electron chi connectivity index (χ2n) is 9.85. The maximum atomic E-state index is 13.2. The largest absolute Gasteiger partial charge is 0.395 e. The van der Waals surface area contributed by atoms with Crippen LogP contribution in [0, 0.1) is 17.8 Å². The van der Waals surface area contributed by atoms with Gasteiger partial charge in [0.2, 0.25) is 5.91 Å². The molecule has 8 heteroatoms. The average Bonchev–Trinajstić information content (AvgIpc) is 2.89. The summed E-state index contributed by atoms with van der Waals surface area (Å²) in [6.07, 6.45) is 7.62. The number of piperidine rings is 1. The van der Waals surface area contributed by atoms with Crippen LogP contribution < -0.4 is 0 Å². The van der Waals surface area contributed by atoms with Crippen LogP contribution >= 0.6 is 0 Å². The number of aliphatic hydroxyl groups excluding tert-OH is 2. The van der Waals surface area contributed by atoms with E-state index < -0.39 is 17.7 Å². The molecule has 1 fully saturated rings. The van der Waals surface area contributed by atoms with E-state index in [0.29, 0.717) is 22.1 Å². The molecule has 5 aliphatic rings. The Bertz CT molecular complexity index is 1510. The summed E-state index contributed by atoms with van der Waals surface area (Å²) in [6.45, 7) is -0.684. The molecule has 0 radical (unpaired) electrons. The first-order valence-corrected chi connectivity index (χ1v) is 12.1. The number of β-amino-alcohol motifs (C(OH)–C–C–N with tert-alkyl or cyclic N) is 2. The van der Waals surface area contributed by atoms with Crippen LogP contribution in [-0.4, -0.2) is 69.9 Å². The normalized spacial score (nSPS) is 27.4. The van der Waals surface area contributed by atoms with Crippen LogP contribution in [0.15, 0.2) is 54.1 Å². The number of likely N-dealkylation sites (tertiary alicyclic amines) is 1. The maximum absolute atomic E-state index is 13.2. The monoisotopic (exact) mass is 482 g/mol. The van der Waals surface area contributed by atoms with Gasteiger partial charge in [-0.05, 0) is 34.2 Å². The molecule has 3 aliphatic carbocycles. The Balaban J connectivity index is 1.47. The molecule has 2 heterocycles. The van der Waals surface area contributed by atoms with E-state index in [1.54, 1.807) is 18.2 Å². The smallest absolute Gasteiger partial charge is 0.261 e. The van der Waals surface area contributed by atoms with Crippen molar-refractivity contribution in [2.75, 3.05) is 26.3 Å². The van der Waals surface area contributed by atoms with Gasteiger partial charge in [-0.3, -0.25) is 29.0 Å². The highest BCUT2D eigenvalue weighted by atomic mass is 16.3. The van der Waals surface area contributed by atoms with E-state index in [0.717, 1.165) is 31.9 Å². The molecule has 2 aliphatic heterocycles. The SMILES string of the molecule is O=C1C2=CC=C3c4ccc5c6c(ccc(c46)C4C=CC(C(=O)N1CCO)C2C34)C(=O)N(CCO)C5=O. The minimum Gasteiger partial charge on any atom is -0.395 e. The molecule has 2 aromatic rings. The summed E-state index contributed by atoms with van der Waals surface area (Å²) in [5.41, 5.74) is 4.32. The molecule has 8 nitrogen and oxygen atoms in total. The first kappa shape index (κ1) is 21.4. The fraction of sp³-hybridized carbons (Fsp3) is 0.286. The number of nitrogens with zero attached hydrogens (tertiary/aromatic N) is 2. The lowest BCUT2D eigenvalue weighted by atomic mass is 9.56. The average molecular weight is 482 g/mol. The van der Waals surface area contributed by atoms with Gasteiger partial charge in [-0.15, -0.1) is 0 Å². The van der Waals surface area contributed by atoms with Gasteiger partial charge in [0.25, 0.3) is 17.7 Å². The van der Waals surface area contributed by atoms with Crippen molar-refractivity contribution in [1.82, 2.24) is 9.80 Å². The van der Waals surface area contributed by atoms with E-state index in [2.05, 4.69) is 0 Å². The number of carbonyl (C=O) groups excluding carboxylic acids is 4. The fourth-order valence-corrected chi connectivity index (χ4v) is 6.95. The van der Waals surface area contributed by atoms with E-state index in [9.17, 15) is 29.4 Å². The second-order valence-corrected chi connectivity index (χ2v) is 9.85. The Hall–Kier alpha value is -3.88. The van der Waals surface area contributed by atoms with E-state index >= 15 is 0 Å². The predicted molar refractivity (Wildman–Crippen MR) is 129 cm³/mol. The van der Waals surface area contributed by atoms with Crippen LogP contribution in [-0.2, 0) is 9.59 Å². The highest BCUT2D eigenvalue weighted by molar-refractivity contribution is 6.27. The van der Waals surface area contributed by atoms with Gasteiger partial charge in [0.1, 0.15) is 0 Å². The third-order valence-corrected chi connectivity index (χ3v) is 8.35. The number of carbonyl (C=O) groups is 4. The van der Waals surface area contributed by atoms with Gasteiger partial charge < -0.3 is 10.2 Å². The highest BCUT2D eigenvalue weighted by Crippen LogP contribution is 2.58. The van der Waals surface area contributed by atoms with Crippen LogP contribution in [0.4, 0.5) is 0 Å². The summed E-state index contributed by atoms with van der Waals surface area (Å²) < 4.78 is 0. The lowest BCUT2D eigenvalue weighted by Gasteiger charge is -2.49.